The monoisotopic (exact) mass is 538 g/mol. The van der Waals surface area contributed by atoms with Crippen molar-refractivity contribution in [1.82, 2.24) is 16.0 Å². The zero-order valence-corrected chi connectivity index (χ0v) is 21.6. The van der Waals surface area contributed by atoms with Gasteiger partial charge in [0.25, 0.3) is 0 Å². The molecule has 0 aromatic heterocycles. The average molecular weight is 539 g/mol. The molecule has 1 aliphatic carbocycles. The molecule has 0 saturated heterocycles. The van der Waals surface area contributed by atoms with Crippen LogP contribution in [0.3, 0.4) is 0 Å². The number of carbonyl (C=O) groups excluding carboxylic acids is 4. The summed E-state index contributed by atoms with van der Waals surface area (Å²) >= 11 is 0. The highest BCUT2D eigenvalue weighted by Crippen LogP contribution is 2.44. The normalized spacial score (nSPS) is 14.1. The topological polar surface area (TPSA) is 198 Å². The average Bonchev–Trinajstić information content (AvgIpc) is 3.25. The van der Waals surface area contributed by atoms with Crippen LogP contribution in [0, 0.1) is 0 Å². The highest BCUT2D eigenvalue weighted by atomic mass is 16.5. The van der Waals surface area contributed by atoms with E-state index in [0.717, 1.165) is 22.3 Å². The molecule has 0 saturated carbocycles. The van der Waals surface area contributed by atoms with Crippen LogP contribution in [0.1, 0.15) is 36.8 Å². The van der Waals surface area contributed by atoms with E-state index in [9.17, 15) is 24.3 Å². The van der Waals surface area contributed by atoms with E-state index in [2.05, 4.69) is 20.9 Å². The first-order valence-electron chi connectivity index (χ1n) is 12.6. The summed E-state index contributed by atoms with van der Waals surface area (Å²) in [6.45, 7) is 1.03. The van der Waals surface area contributed by atoms with E-state index in [0.29, 0.717) is 25.7 Å². The van der Waals surface area contributed by atoms with Crippen molar-refractivity contribution in [2.24, 2.45) is 16.5 Å². The number of guanidine groups is 1. The Morgan fingerprint density at radius 1 is 1.00 bits per heavy atom. The van der Waals surface area contributed by atoms with E-state index in [4.69, 9.17) is 16.2 Å². The van der Waals surface area contributed by atoms with Crippen LogP contribution in [0.2, 0.25) is 0 Å². The van der Waals surface area contributed by atoms with Gasteiger partial charge in [-0.25, -0.2) is 4.79 Å². The van der Waals surface area contributed by atoms with Gasteiger partial charge < -0.3 is 42.1 Å². The van der Waals surface area contributed by atoms with Crippen molar-refractivity contribution in [2.75, 3.05) is 19.8 Å². The second kappa shape index (κ2) is 13.9. The van der Waals surface area contributed by atoms with E-state index in [1.807, 2.05) is 48.5 Å². The molecular weight excluding hydrogens is 504 g/mol. The van der Waals surface area contributed by atoms with Gasteiger partial charge in [-0.2, -0.15) is 0 Å². The van der Waals surface area contributed by atoms with Gasteiger partial charge in [0.05, 0.1) is 12.6 Å². The van der Waals surface area contributed by atoms with E-state index < -0.39 is 42.6 Å². The molecule has 8 N–H and O–H groups in total. The third kappa shape index (κ3) is 7.77. The zero-order chi connectivity index (χ0) is 28.4. The maximum Gasteiger partial charge on any atom is 0.407 e. The first-order chi connectivity index (χ1) is 18.7. The maximum absolute atomic E-state index is 12.6. The highest BCUT2D eigenvalue weighted by Gasteiger charge is 2.30. The van der Waals surface area contributed by atoms with Gasteiger partial charge in [-0.15, -0.1) is 0 Å². The minimum absolute atomic E-state index is 0.0364. The molecule has 2 aromatic rings. The molecule has 12 heteroatoms. The van der Waals surface area contributed by atoms with Gasteiger partial charge in [0.2, 0.25) is 11.8 Å². The highest BCUT2D eigenvalue weighted by molar-refractivity contribution is 5.92. The van der Waals surface area contributed by atoms with E-state index >= 15 is 0 Å². The van der Waals surface area contributed by atoms with Crippen LogP contribution < -0.4 is 27.4 Å². The number of benzene rings is 2. The maximum atomic E-state index is 12.6. The molecule has 208 valence electrons. The molecule has 0 radical (unpaired) electrons. The molecule has 39 heavy (non-hydrogen) atoms. The van der Waals surface area contributed by atoms with E-state index in [1.54, 1.807) is 0 Å². The minimum atomic E-state index is -1.35. The third-order valence-electron chi connectivity index (χ3n) is 6.35. The summed E-state index contributed by atoms with van der Waals surface area (Å²) in [5.74, 6) is -1.63. The van der Waals surface area contributed by atoms with Crippen molar-refractivity contribution in [3.8, 4) is 11.1 Å². The van der Waals surface area contributed by atoms with Crippen LogP contribution in [0.25, 0.3) is 11.1 Å². The number of carbonyl (C=O) groups is 4. The molecule has 3 amide bonds. The summed E-state index contributed by atoms with van der Waals surface area (Å²) in [4.78, 5) is 52.7. The number of nitrogens with one attached hydrogen (secondary N) is 3. The van der Waals surface area contributed by atoms with Crippen LogP contribution in [0.5, 0.6) is 0 Å². The van der Waals surface area contributed by atoms with Gasteiger partial charge in [-0.1, -0.05) is 48.5 Å². The SMILES string of the molecule is C[C@H](NC(=O)[C@@H](CO)NC(=O)OCC1c2ccccc2-c2ccccc21)C(=O)N[C@H](C=O)CCCN=C(N)N. The van der Waals surface area contributed by atoms with Crippen molar-refractivity contribution >= 4 is 30.2 Å². The molecule has 0 aliphatic heterocycles. The summed E-state index contributed by atoms with van der Waals surface area (Å²) in [7, 11) is 0. The lowest BCUT2D eigenvalue weighted by molar-refractivity contribution is -0.131. The zero-order valence-electron chi connectivity index (χ0n) is 21.6. The number of nitrogens with two attached hydrogens (primary N) is 2. The van der Waals surface area contributed by atoms with Crippen molar-refractivity contribution in [1.29, 1.82) is 0 Å². The molecule has 3 rings (SSSR count). The molecule has 12 nitrogen and oxygen atoms in total. The number of fused-ring (bicyclic) bond motifs is 3. The number of aliphatic imine (C=N–C) groups is 1. The Kier molecular flexibility index (Phi) is 10.4. The van der Waals surface area contributed by atoms with Gasteiger partial charge in [-0.3, -0.25) is 14.6 Å². The number of ether oxygens (including phenoxy) is 1. The fourth-order valence-corrected chi connectivity index (χ4v) is 4.36. The Hall–Kier alpha value is -4.45. The number of hydrogen-bond acceptors (Lipinski definition) is 7. The Balaban J connectivity index is 1.49. The second-order valence-corrected chi connectivity index (χ2v) is 9.14. The lowest BCUT2D eigenvalue weighted by atomic mass is 9.98. The van der Waals surface area contributed by atoms with Crippen molar-refractivity contribution in [2.45, 2.75) is 43.8 Å². The number of aliphatic hydroxyl groups is 1. The standard InChI is InChI=1S/C27H34N6O6/c1-16(24(36)32-17(13-34)7-6-12-30-26(28)29)31-25(37)23(14-35)33-27(38)39-15-22-20-10-4-2-8-18(20)19-9-3-5-11-21(19)22/h2-5,8-11,13,16-17,22-23,35H,6-7,12,14-15H2,1H3,(H,31,37)(H,32,36)(H,33,38)(H4,28,29,30)/t16-,17-,23+/m0/s1. The Morgan fingerprint density at radius 2 is 1.62 bits per heavy atom. The predicted molar refractivity (Wildman–Crippen MR) is 145 cm³/mol. The largest absolute Gasteiger partial charge is 0.449 e. The van der Waals surface area contributed by atoms with Gasteiger partial charge in [0.1, 0.15) is 25.0 Å². The summed E-state index contributed by atoms with van der Waals surface area (Å²) in [6.07, 6.45) is 0.454. The molecular formula is C27H34N6O6. The van der Waals surface area contributed by atoms with Crippen LogP contribution in [-0.4, -0.2) is 73.1 Å². The molecule has 0 fully saturated rings. The number of nitrogens with zero attached hydrogens (tertiary/aromatic N) is 1. The first-order valence-corrected chi connectivity index (χ1v) is 12.6. The van der Waals surface area contributed by atoms with Gasteiger partial charge in [0, 0.05) is 12.5 Å². The number of rotatable bonds is 13. The van der Waals surface area contributed by atoms with E-state index in [-0.39, 0.29) is 18.5 Å². The molecule has 0 bridgehead atoms. The number of alkyl carbamates (subject to hydrolysis) is 1. The Bertz CT molecular complexity index is 1170. The second-order valence-electron chi connectivity index (χ2n) is 9.14. The lowest BCUT2D eigenvalue weighted by Gasteiger charge is -2.21. The molecule has 1 aliphatic rings. The molecule has 3 atom stereocenters. The Morgan fingerprint density at radius 3 is 2.18 bits per heavy atom. The predicted octanol–water partition coefficient (Wildman–Crippen LogP) is 0.128. The quantitative estimate of drug-likeness (QED) is 0.0894. The molecule has 0 unspecified atom stereocenters. The van der Waals surface area contributed by atoms with Crippen LogP contribution in [0.15, 0.2) is 53.5 Å². The Labute approximate surface area is 226 Å². The van der Waals surface area contributed by atoms with Crippen LogP contribution in [0.4, 0.5) is 4.79 Å². The van der Waals surface area contributed by atoms with Crippen molar-refractivity contribution in [3.63, 3.8) is 0 Å². The first kappa shape index (κ1) is 29.1. The van der Waals surface area contributed by atoms with Gasteiger partial charge in [0.15, 0.2) is 5.96 Å². The van der Waals surface area contributed by atoms with Crippen molar-refractivity contribution in [3.05, 3.63) is 59.7 Å². The fraction of sp³-hybridized carbons (Fsp3) is 0.370. The van der Waals surface area contributed by atoms with Crippen molar-refractivity contribution < 1.29 is 29.0 Å². The lowest BCUT2D eigenvalue weighted by Crippen LogP contribution is -2.55. The van der Waals surface area contributed by atoms with Crippen LogP contribution in [-0.2, 0) is 19.1 Å². The van der Waals surface area contributed by atoms with Gasteiger partial charge in [-0.05, 0) is 42.0 Å². The number of aliphatic hydroxyl groups excluding tert-OH is 1. The fourth-order valence-electron chi connectivity index (χ4n) is 4.36. The summed E-state index contributed by atoms with van der Waals surface area (Å²) < 4.78 is 5.42. The van der Waals surface area contributed by atoms with Gasteiger partial charge >= 0.3 is 6.09 Å². The smallest absolute Gasteiger partial charge is 0.407 e. The number of aldehydes is 1. The molecule has 0 heterocycles. The minimum Gasteiger partial charge on any atom is -0.449 e. The summed E-state index contributed by atoms with van der Waals surface area (Å²) in [5.41, 5.74) is 14.7. The number of hydrogen-bond donors (Lipinski definition) is 6. The van der Waals surface area contributed by atoms with E-state index in [1.165, 1.54) is 6.92 Å². The summed E-state index contributed by atoms with van der Waals surface area (Å²) in [5, 5.41) is 16.9. The molecule has 0 spiro atoms. The molecule has 2 aromatic carbocycles. The van der Waals surface area contributed by atoms with Crippen LogP contribution >= 0.6 is 0 Å². The summed E-state index contributed by atoms with van der Waals surface area (Å²) in [6, 6.07) is 12.6. The number of amides is 3. The third-order valence-corrected chi connectivity index (χ3v) is 6.35.